The van der Waals surface area contributed by atoms with Crippen molar-refractivity contribution in [2.45, 2.75) is 25.2 Å². The third-order valence-corrected chi connectivity index (χ3v) is 6.36. The van der Waals surface area contributed by atoms with Crippen LogP contribution in [0.25, 0.3) is 5.69 Å². The molecule has 1 aromatic heterocycles. The summed E-state index contributed by atoms with van der Waals surface area (Å²) in [6, 6.07) is 6.06. The Bertz CT molecular complexity index is 1480. The predicted molar refractivity (Wildman–Crippen MR) is 118 cm³/mol. The monoisotopic (exact) mass is 488 g/mol. The molecule has 0 saturated heterocycles. The van der Waals surface area contributed by atoms with E-state index in [0.29, 0.717) is 10.4 Å². The van der Waals surface area contributed by atoms with Crippen molar-refractivity contribution in [2.75, 3.05) is 5.32 Å². The molecule has 0 bridgehead atoms. The van der Waals surface area contributed by atoms with Crippen LogP contribution in [0.4, 0.5) is 5.69 Å². The molecule has 33 heavy (non-hydrogen) atoms. The summed E-state index contributed by atoms with van der Waals surface area (Å²) in [7, 11) is 0. The van der Waals surface area contributed by atoms with Gasteiger partial charge in [-0.2, -0.15) is 9.78 Å². The van der Waals surface area contributed by atoms with E-state index in [1.165, 1.54) is 12.1 Å². The van der Waals surface area contributed by atoms with Gasteiger partial charge in [0.15, 0.2) is 5.75 Å². The number of ether oxygens (including phenoxy) is 1. The van der Waals surface area contributed by atoms with Crippen LogP contribution in [-0.2, 0) is 10.2 Å². The van der Waals surface area contributed by atoms with Crippen molar-refractivity contribution in [3.8, 4) is 17.2 Å². The SMILES string of the molecule is Cc1c(Oc2c(Cl)cc(-n3nc(C(=O)O)c(=O)[nH]c3=O)cc2Cl)ccc2c1C1(CC1)C(=O)N2. The van der Waals surface area contributed by atoms with Crippen molar-refractivity contribution in [1.82, 2.24) is 14.8 Å². The van der Waals surface area contributed by atoms with E-state index in [-0.39, 0.29) is 27.4 Å². The van der Waals surface area contributed by atoms with Crippen molar-refractivity contribution in [3.05, 3.63) is 72.0 Å². The zero-order chi connectivity index (χ0) is 23.7. The molecule has 1 aliphatic carbocycles. The first-order valence-electron chi connectivity index (χ1n) is 9.72. The maximum atomic E-state index is 12.3. The molecule has 5 rings (SSSR count). The van der Waals surface area contributed by atoms with Gasteiger partial charge in [0.1, 0.15) is 5.75 Å². The highest BCUT2D eigenvalue weighted by Gasteiger charge is 2.57. The molecule has 3 N–H and O–H groups in total. The lowest BCUT2D eigenvalue weighted by atomic mass is 9.93. The summed E-state index contributed by atoms with van der Waals surface area (Å²) in [4.78, 5) is 49.2. The van der Waals surface area contributed by atoms with E-state index in [1.807, 2.05) is 11.9 Å². The summed E-state index contributed by atoms with van der Waals surface area (Å²) in [6.45, 7) is 1.85. The first-order chi connectivity index (χ1) is 15.6. The molecule has 1 spiro atoms. The first kappa shape index (κ1) is 21.2. The molecule has 0 atom stereocenters. The van der Waals surface area contributed by atoms with Crippen LogP contribution in [-0.4, -0.2) is 31.7 Å². The van der Waals surface area contributed by atoms with E-state index >= 15 is 0 Å². The van der Waals surface area contributed by atoms with E-state index in [1.54, 1.807) is 12.1 Å². The number of carbonyl (C=O) groups excluding carboxylic acids is 1. The third kappa shape index (κ3) is 3.21. The van der Waals surface area contributed by atoms with Gasteiger partial charge < -0.3 is 15.2 Å². The molecule has 1 aliphatic heterocycles. The Morgan fingerprint density at radius 3 is 2.45 bits per heavy atom. The fourth-order valence-corrected chi connectivity index (χ4v) is 4.63. The van der Waals surface area contributed by atoms with Crippen LogP contribution < -0.4 is 21.3 Å². The van der Waals surface area contributed by atoms with Crippen molar-refractivity contribution >= 4 is 40.8 Å². The summed E-state index contributed by atoms with van der Waals surface area (Å²) < 4.78 is 6.66. The fourth-order valence-electron chi connectivity index (χ4n) is 4.07. The van der Waals surface area contributed by atoms with Gasteiger partial charge in [-0.3, -0.25) is 14.6 Å². The number of carbonyl (C=O) groups is 2. The number of amides is 1. The molecule has 0 radical (unpaired) electrons. The summed E-state index contributed by atoms with van der Waals surface area (Å²) in [6.07, 6.45) is 1.54. The van der Waals surface area contributed by atoms with E-state index < -0.39 is 28.3 Å². The van der Waals surface area contributed by atoms with Gasteiger partial charge in [0.2, 0.25) is 11.6 Å². The van der Waals surface area contributed by atoms with E-state index in [4.69, 9.17) is 33.0 Å². The number of fused-ring (bicyclic) bond motifs is 2. The van der Waals surface area contributed by atoms with Crippen LogP contribution in [0.5, 0.6) is 11.5 Å². The summed E-state index contributed by atoms with van der Waals surface area (Å²) in [5.74, 6) is -1.06. The van der Waals surface area contributed by atoms with Gasteiger partial charge in [-0.1, -0.05) is 23.2 Å². The second-order valence-corrected chi connectivity index (χ2v) is 8.63. The Labute approximate surface area is 194 Å². The van der Waals surface area contributed by atoms with Gasteiger partial charge >= 0.3 is 11.7 Å². The van der Waals surface area contributed by atoms with Crippen LogP contribution in [0.2, 0.25) is 10.0 Å². The molecule has 2 heterocycles. The summed E-state index contributed by atoms with van der Waals surface area (Å²) in [5.41, 5.74) is -1.00. The maximum absolute atomic E-state index is 12.3. The lowest BCUT2D eigenvalue weighted by Crippen LogP contribution is -2.35. The van der Waals surface area contributed by atoms with Crippen LogP contribution in [0.15, 0.2) is 33.9 Å². The number of carboxylic acids is 1. The van der Waals surface area contributed by atoms with E-state index in [9.17, 15) is 19.2 Å². The molecule has 12 heteroatoms. The topological polar surface area (TPSA) is 143 Å². The minimum atomic E-state index is -1.60. The number of aromatic nitrogens is 3. The number of hydrogen-bond acceptors (Lipinski definition) is 6. The number of aromatic carboxylic acids is 1. The van der Waals surface area contributed by atoms with Gasteiger partial charge in [0.05, 0.1) is 21.1 Å². The number of anilines is 1. The molecule has 1 fully saturated rings. The summed E-state index contributed by atoms with van der Waals surface area (Å²) in [5, 5.41) is 15.6. The van der Waals surface area contributed by atoms with E-state index in [2.05, 4.69) is 10.4 Å². The molecule has 2 aromatic carbocycles. The zero-order valence-corrected chi connectivity index (χ0v) is 18.4. The molecular formula is C21H14Cl2N4O6. The number of aromatic amines is 1. The summed E-state index contributed by atoms with van der Waals surface area (Å²) >= 11 is 12.7. The number of benzene rings is 2. The zero-order valence-electron chi connectivity index (χ0n) is 16.9. The van der Waals surface area contributed by atoms with E-state index in [0.717, 1.165) is 29.7 Å². The number of rotatable bonds is 4. The molecule has 2 aliphatic rings. The van der Waals surface area contributed by atoms with Crippen LogP contribution in [0.3, 0.4) is 0 Å². The average molecular weight is 489 g/mol. The quantitative estimate of drug-likeness (QED) is 0.511. The Kier molecular flexibility index (Phi) is 4.62. The second kappa shape index (κ2) is 7.19. The number of H-pyrrole nitrogens is 1. The molecular weight excluding hydrogens is 475 g/mol. The Morgan fingerprint density at radius 1 is 1.18 bits per heavy atom. The van der Waals surface area contributed by atoms with Gasteiger partial charge in [-0.15, -0.1) is 0 Å². The van der Waals surface area contributed by atoms with Crippen LogP contribution >= 0.6 is 23.2 Å². The standard InChI is InChI=1S/C21H14Cl2N4O6/c1-8-13(3-2-12-14(8)21(4-5-21)19(31)24-12)33-16-10(22)6-9(7-11(16)23)27-20(32)25-17(28)15(26-27)18(29)30/h2-3,6-7H,4-5H2,1H3,(H,24,31)(H,29,30)(H,25,28,32). The third-order valence-electron chi connectivity index (χ3n) is 5.80. The molecule has 0 unspecified atom stereocenters. The molecule has 1 saturated carbocycles. The van der Waals surface area contributed by atoms with Crippen molar-refractivity contribution in [2.24, 2.45) is 0 Å². The smallest absolute Gasteiger partial charge is 0.362 e. The molecule has 168 valence electrons. The van der Waals surface area contributed by atoms with Crippen molar-refractivity contribution < 1.29 is 19.4 Å². The number of nitrogens with zero attached hydrogens (tertiary/aromatic N) is 2. The lowest BCUT2D eigenvalue weighted by molar-refractivity contribution is -0.117. The largest absolute Gasteiger partial charge is 0.476 e. The Morgan fingerprint density at radius 2 is 1.85 bits per heavy atom. The Balaban J connectivity index is 1.55. The van der Waals surface area contributed by atoms with Gasteiger partial charge in [-0.25, -0.2) is 9.59 Å². The maximum Gasteiger partial charge on any atom is 0.362 e. The molecule has 3 aromatic rings. The van der Waals surface area contributed by atoms with Crippen molar-refractivity contribution in [3.63, 3.8) is 0 Å². The van der Waals surface area contributed by atoms with Crippen LogP contribution in [0.1, 0.15) is 34.5 Å². The normalized spacial score (nSPS) is 15.3. The minimum Gasteiger partial charge on any atom is -0.476 e. The number of halogens is 2. The second-order valence-electron chi connectivity index (χ2n) is 7.81. The highest BCUT2D eigenvalue weighted by Crippen LogP contribution is 2.57. The lowest BCUT2D eigenvalue weighted by Gasteiger charge is -2.16. The highest BCUT2D eigenvalue weighted by molar-refractivity contribution is 6.37. The van der Waals surface area contributed by atoms with Crippen LogP contribution in [0, 0.1) is 6.92 Å². The highest BCUT2D eigenvalue weighted by atomic mass is 35.5. The number of hydrogen-bond donors (Lipinski definition) is 3. The average Bonchev–Trinajstić information content (AvgIpc) is 3.47. The van der Waals surface area contributed by atoms with Gasteiger partial charge in [-0.05, 0) is 55.2 Å². The minimum absolute atomic E-state index is 0.0160. The first-order valence-corrected chi connectivity index (χ1v) is 10.5. The van der Waals surface area contributed by atoms with Crippen molar-refractivity contribution in [1.29, 1.82) is 0 Å². The number of carboxylic acid groups (broad SMARTS) is 1. The fraction of sp³-hybridized carbons (Fsp3) is 0.190. The Hall–Kier alpha value is -3.63. The molecule has 1 amide bonds. The molecule has 10 nitrogen and oxygen atoms in total. The van der Waals surface area contributed by atoms with Gasteiger partial charge in [0.25, 0.3) is 5.56 Å². The predicted octanol–water partition coefficient (Wildman–Crippen LogP) is 3.01. The van der Waals surface area contributed by atoms with Gasteiger partial charge in [0, 0.05) is 5.69 Å². The number of nitrogens with one attached hydrogen (secondary N) is 2.